The Morgan fingerprint density at radius 2 is 1.76 bits per heavy atom. The van der Waals surface area contributed by atoms with E-state index in [1.54, 1.807) is 7.11 Å². The van der Waals surface area contributed by atoms with Gasteiger partial charge in [0.05, 0.1) is 24.6 Å². The molecule has 5 heteroatoms. The van der Waals surface area contributed by atoms with Crippen molar-refractivity contribution in [3.63, 3.8) is 0 Å². The molecule has 29 heavy (non-hydrogen) atoms. The molecule has 0 saturated heterocycles. The number of ether oxygens (including phenoxy) is 1. The standard InChI is InChI=1S/C24H23N3O2/c1-29-20-11-7-18(8-12-20)15-24(28)25-19-10-13-21-22(16-19)27-23(26-21)14-9-17-5-3-2-4-6-17/h2-8,10-13,16H,9,14-15H2,1H3,(H,25,28)(H,26,27). The molecule has 0 atom stereocenters. The van der Waals surface area contributed by atoms with Gasteiger partial charge in [0.1, 0.15) is 11.6 Å². The van der Waals surface area contributed by atoms with Crippen molar-refractivity contribution in [3.8, 4) is 5.75 Å². The van der Waals surface area contributed by atoms with Gasteiger partial charge in [-0.05, 0) is 47.9 Å². The Balaban J connectivity index is 1.39. The third-order valence-electron chi connectivity index (χ3n) is 4.83. The first-order valence-electron chi connectivity index (χ1n) is 9.65. The Morgan fingerprint density at radius 1 is 0.966 bits per heavy atom. The van der Waals surface area contributed by atoms with Gasteiger partial charge < -0.3 is 15.0 Å². The molecule has 3 aromatic carbocycles. The number of fused-ring (bicyclic) bond motifs is 1. The van der Waals surface area contributed by atoms with Crippen LogP contribution >= 0.6 is 0 Å². The highest BCUT2D eigenvalue weighted by molar-refractivity contribution is 5.94. The Morgan fingerprint density at radius 3 is 2.52 bits per heavy atom. The number of aromatic nitrogens is 2. The molecule has 0 aliphatic carbocycles. The number of H-pyrrole nitrogens is 1. The number of anilines is 1. The Labute approximate surface area is 169 Å². The second kappa shape index (κ2) is 8.61. The van der Waals surface area contributed by atoms with Crippen LogP contribution in [0.2, 0.25) is 0 Å². The lowest BCUT2D eigenvalue weighted by molar-refractivity contribution is -0.115. The summed E-state index contributed by atoms with van der Waals surface area (Å²) in [7, 11) is 1.63. The number of amides is 1. The SMILES string of the molecule is COc1ccc(CC(=O)Nc2ccc3nc(CCc4ccccc4)[nH]c3c2)cc1. The van der Waals surface area contributed by atoms with Crippen LogP contribution in [-0.2, 0) is 24.1 Å². The average molecular weight is 385 g/mol. The zero-order valence-electron chi connectivity index (χ0n) is 16.3. The molecule has 4 rings (SSSR count). The molecule has 0 aliphatic rings. The normalized spacial score (nSPS) is 10.8. The first-order valence-corrected chi connectivity index (χ1v) is 9.65. The third-order valence-corrected chi connectivity index (χ3v) is 4.83. The number of rotatable bonds is 7. The van der Waals surface area contributed by atoms with Crippen LogP contribution < -0.4 is 10.1 Å². The Bertz CT molecular complexity index is 1100. The summed E-state index contributed by atoms with van der Waals surface area (Å²) in [5, 5.41) is 2.96. The van der Waals surface area contributed by atoms with Crippen LogP contribution in [0.4, 0.5) is 5.69 Å². The van der Waals surface area contributed by atoms with Gasteiger partial charge in [0.2, 0.25) is 5.91 Å². The smallest absolute Gasteiger partial charge is 0.228 e. The fourth-order valence-electron chi connectivity index (χ4n) is 3.30. The highest BCUT2D eigenvalue weighted by atomic mass is 16.5. The number of hydrogen-bond acceptors (Lipinski definition) is 3. The number of imidazole rings is 1. The molecule has 0 aliphatic heterocycles. The maximum atomic E-state index is 12.4. The molecule has 1 heterocycles. The van der Waals surface area contributed by atoms with E-state index in [0.29, 0.717) is 6.42 Å². The van der Waals surface area contributed by atoms with Crippen molar-refractivity contribution >= 4 is 22.6 Å². The topological polar surface area (TPSA) is 67.0 Å². The van der Waals surface area contributed by atoms with E-state index < -0.39 is 0 Å². The van der Waals surface area contributed by atoms with Gasteiger partial charge >= 0.3 is 0 Å². The first kappa shape index (κ1) is 18.7. The average Bonchev–Trinajstić information content (AvgIpc) is 3.16. The molecule has 1 aromatic heterocycles. The van der Waals surface area contributed by atoms with Crippen molar-refractivity contribution in [2.45, 2.75) is 19.3 Å². The van der Waals surface area contributed by atoms with Crippen molar-refractivity contribution < 1.29 is 9.53 Å². The van der Waals surface area contributed by atoms with Gasteiger partial charge in [-0.25, -0.2) is 4.98 Å². The van der Waals surface area contributed by atoms with Crippen LogP contribution in [0.25, 0.3) is 11.0 Å². The molecule has 0 saturated carbocycles. The van der Waals surface area contributed by atoms with Gasteiger partial charge in [-0.1, -0.05) is 42.5 Å². The zero-order chi connectivity index (χ0) is 20.1. The number of aryl methyl sites for hydroxylation is 2. The molecule has 0 fully saturated rings. The number of aromatic amines is 1. The molecular weight excluding hydrogens is 362 g/mol. The molecule has 5 nitrogen and oxygen atoms in total. The van der Waals surface area contributed by atoms with Gasteiger partial charge in [-0.3, -0.25) is 4.79 Å². The van der Waals surface area contributed by atoms with Gasteiger partial charge in [-0.2, -0.15) is 0 Å². The van der Waals surface area contributed by atoms with Gasteiger partial charge in [-0.15, -0.1) is 0 Å². The van der Waals surface area contributed by atoms with E-state index >= 15 is 0 Å². The van der Waals surface area contributed by atoms with Crippen LogP contribution in [0, 0.1) is 0 Å². The number of nitrogens with one attached hydrogen (secondary N) is 2. The lowest BCUT2D eigenvalue weighted by Gasteiger charge is -2.06. The monoisotopic (exact) mass is 385 g/mol. The minimum absolute atomic E-state index is 0.0571. The lowest BCUT2D eigenvalue weighted by atomic mass is 10.1. The summed E-state index contributed by atoms with van der Waals surface area (Å²) < 4.78 is 5.15. The summed E-state index contributed by atoms with van der Waals surface area (Å²) in [6.45, 7) is 0. The fourth-order valence-corrected chi connectivity index (χ4v) is 3.30. The molecular formula is C24H23N3O2. The van der Waals surface area contributed by atoms with Crippen LogP contribution in [-0.4, -0.2) is 23.0 Å². The molecule has 146 valence electrons. The van der Waals surface area contributed by atoms with Crippen LogP contribution in [0.3, 0.4) is 0 Å². The highest BCUT2D eigenvalue weighted by Gasteiger charge is 2.08. The summed E-state index contributed by atoms with van der Waals surface area (Å²) in [6, 6.07) is 23.6. The lowest BCUT2D eigenvalue weighted by Crippen LogP contribution is -2.14. The number of carbonyl (C=O) groups is 1. The number of carbonyl (C=O) groups excluding carboxylic acids is 1. The third kappa shape index (κ3) is 4.82. The van der Waals surface area contributed by atoms with E-state index in [1.165, 1.54) is 5.56 Å². The van der Waals surface area contributed by atoms with Crippen LogP contribution in [0.5, 0.6) is 5.75 Å². The second-order valence-corrected chi connectivity index (χ2v) is 6.97. The minimum Gasteiger partial charge on any atom is -0.497 e. The maximum absolute atomic E-state index is 12.4. The summed E-state index contributed by atoms with van der Waals surface area (Å²) in [4.78, 5) is 20.4. The van der Waals surface area contributed by atoms with E-state index in [-0.39, 0.29) is 5.91 Å². The molecule has 0 unspecified atom stereocenters. The molecule has 0 radical (unpaired) electrons. The quantitative estimate of drug-likeness (QED) is 0.491. The number of methoxy groups -OCH3 is 1. The van der Waals surface area contributed by atoms with Gasteiger partial charge in [0.25, 0.3) is 0 Å². The first-order chi connectivity index (χ1) is 14.2. The minimum atomic E-state index is -0.0571. The Hall–Kier alpha value is -3.60. The van der Waals surface area contributed by atoms with Crippen molar-refractivity contribution in [1.82, 2.24) is 9.97 Å². The van der Waals surface area contributed by atoms with E-state index in [2.05, 4.69) is 39.6 Å². The van der Waals surface area contributed by atoms with Crippen molar-refractivity contribution in [3.05, 3.63) is 89.7 Å². The van der Waals surface area contributed by atoms with Crippen molar-refractivity contribution in [2.75, 3.05) is 12.4 Å². The van der Waals surface area contributed by atoms with Gasteiger partial charge in [0, 0.05) is 12.1 Å². The molecule has 2 N–H and O–H groups in total. The molecule has 1 amide bonds. The number of nitrogens with zero attached hydrogens (tertiary/aromatic N) is 1. The predicted octanol–water partition coefficient (Wildman–Crippen LogP) is 4.54. The highest BCUT2D eigenvalue weighted by Crippen LogP contribution is 2.19. The zero-order valence-corrected chi connectivity index (χ0v) is 16.3. The molecule has 4 aromatic rings. The largest absolute Gasteiger partial charge is 0.497 e. The van der Waals surface area contributed by atoms with E-state index in [4.69, 9.17) is 4.74 Å². The maximum Gasteiger partial charge on any atom is 0.228 e. The fraction of sp³-hybridized carbons (Fsp3) is 0.167. The summed E-state index contributed by atoms with van der Waals surface area (Å²) >= 11 is 0. The number of benzene rings is 3. The molecule has 0 bridgehead atoms. The second-order valence-electron chi connectivity index (χ2n) is 6.97. The van der Waals surface area contributed by atoms with E-state index in [1.807, 2.05) is 48.5 Å². The van der Waals surface area contributed by atoms with Crippen molar-refractivity contribution in [2.24, 2.45) is 0 Å². The molecule has 0 spiro atoms. The summed E-state index contributed by atoms with van der Waals surface area (Å²) in [6.07, 6.45) is 2.09. The summed E-state index contributed by atoms with van der Waals surface area (Å²) in [5.41, 5.74) is 4.82. The van der Waals surface area contributed by atoms with Gasteiger partial charge in [0.15, 0.2) is 0 Å². The van der Waals surface area contributed by atoms with E-state index in [0.717, 1.165) is 46.7 Å². The van der Waals surface area contributed by atoms with Crippen LogP contribution in [0.1, 0.15) is 17.0 Å². The predicted molar refractivity (Wildman–Crippen MR) is 115 cm³/mol. The van der Waals surface area contributed by atoms with E-state index in [9.17, 15) is 4.79 Å². The van der Waals surface area contributed by atoms with Crippen molar-refractivity contribution in [1.29, 1.82) is 0 Å². The summed E-state index contributed by atoms with van der Waals surface area (Å²) in [5.74, 6) is 1.67. The number of hydrogen-bond donors (Lipinski definition) is 2. The van der Waals surface area contributed by atoms with Crippen LogP contribution in [0.15, 0.2) is 72.8 Å². The Kier molecular flexibility index (Phi) is 5.56.